The van der Waals surface area contributed by atoms with E-state index in [9.17, 15) is 14.4 Å². The van der Waals surface area contributed by atoms with Crippen LogP contribution in [0.1, 0.15) is 25.6 Å². The number of amides is 1. The molecule has 5 rings (SSSR count). The second-order valence-electron chi connectivity index (χ2n) is 9.22. The highest BCUT2D eigenvalue weighted by Gasteiger charge is 2.27. The molecule has 2 aromatic carbocycles. The van der Waals surface area contributed by atoms with Crippen LogP contribution in [0.25, 0.3) is 33.5 Å². The maximum atomic E-state index is 13.1. The number of aromatic nitrogens is 4. The normalized spacial score (nSPS) is 10.9. The van der Waals surface area contributed by atoms with Gasteiger partial charge in [0.25, 0.3) is 0 Å². The zero-order valence-electron chi connectivity index (χ0n) is 23.6. The number of anilines is 1. The Labute approximate surface area is 255 Å². The first-order valence-corrected chi connectivity index (χ1v) is 14.9. The number of benzene rings is 2. The van der Waals surface area contributed by atoms with Crippen molar-refractivity contribution in [3.05, 3.63) is 89.3 Å². The lowest BCUT2D eigenvalue weighted by Crippen LogP contribution is -2.16. The molecule has 5 aromatic rings. The number of fused-ring (bicyclic) bond motifs is 1. The summed E-state index contributed by atoms with van der Waals surface area (Å²) in [5.74, 6) is -1.09. The molecule has 3 heterocycles. The number of esters is 2. The van der Waals surface area contributed by atoms with E-state index >= 15 is 0 Å². The summed E-state index contributed by atoms with van der Waals surface area (Å²) in [7, 11) is 2.48. The Kier molecular flexibility index (Phi) is 8.98. The molecule has 0 aliphatic heterocycles. The first kappa shape index (κ1) is 29.7. The molecule has 0 bridgehead atoms. The second-order valence-corrected chi connectivity index (χ2v) is 11.2. The molecule has 43 heavy (non-hydrogen) atoms. The van der Waals surface area contributed by atoms with Gasteiger partial charge in [-0.15, -0.1) is 28.1 Å². The molecule has 0 saturated heterocycles. The Morgan fingerprint density at radius 1 is 1.02 bits per heavy atom. The topological polar surface area (TPSA) is 125 Å². The summed E-state index contributed by atoms with van der Waals surface area (Å²) in [6.45, 7) is 5.91. The molecule has 1 N–H and O–H groups in total. The minimum absolute atomic E-state index is 0.0350. The van der Waals surface area contributed by atoms with Gasteiger partial charge in [0.15, 0.2) is 11.0 Å². The number of allylic oxidation sites excluding steroid dienone is 1. The third-order valence-electron chi connectivity index (χ3n) is 6.55. The molecule has 3 aromatic heterocycles. The van der Waals surface area contributed by atoms with Gasteiger partial charge in [0.05, 0.1) is 36.7 Å². The van der Waals surface area contributed by atoms with Crippen LogP contribution in [-0.4, -0.2) is 57.6 Å². The molecule has 10 nitrogen and oxygen atoms in total. The quantitative estimate of drug-likeness (QED) is 0.114. The predicted molar refractivity (Wildman–Crippen MR) is 167 cm³/mol. The molecule has 0 saturated carbocycles. The average molecular weight is 614 g/mol. The van der Waals surface area contributed by atoms with Gasteiger partial charge in [-0.3, -0.25) is 9.36 Å². The molecule has 0 radical (unpaired) electrons. The molecular weight excluding hydrogens is 587 g/mol. The second kappa shape index (κ2) is 13.0. The molecule has 1 amide bonds. The number of pyridine rings is 1. The molecule has 0 unspecified atom stereocenters. The van der Waals surface area contributed by atoms with Gasteiger partial charge < -0.3 is 14.8 Å². The van der Waals surface area contributed by atoms with E-state index < -0.39 is 17.8 Å². The van der Waals surface area contributed by atoms with E-state index in [0.717, 1.165) is 39.1 Å². The lowest BCUT2D eigenvalue weighted by molar-refractivity contribution is -0.113. The number of carbonyl (C=O) groups excluding carboxylic acids is 3. The van der Waals surface area contributed by atoms with Crippen molar-refractivity contribution in [2.75, 3.05) is 25.3 Å². The van der Waals surface area contributed by atoms with Crippen LogP contribution < -0.4 is 5.32 Å². The third-order valence-corrected chi connectivity index (χ3v) is 8.70. The van der Waals surface area contributed by atoms with Crippen molar-refractivity contribution in [1.29, 1.82) is 0 Å². The highest BCUT2D eigenvalue weighted by Crippen LogP contribution is 2.35. The van der Waals surface area contributed by atoms with E-state index in [4.69, 9.17) is 14.5 Å². The monoisotopic (exact) mass is 613 g/mol. The fourth-order valence-corrected chi connectivity index (χ4v) is 6.41. The van der Waals surface area contributed by atoms with E-state index in [2.05, 4.69) is 22.1 Å². The summed E-state index contributed by atoms with van der Waals surface area (Å²) in [6, 6.07) is 19.7. The van der Waals surface area contributed by atoms with Crippen molar-refractivity contribution < 1.29 is 23.9 Å². The predicted octanol–water partition coefficient (Wildman–Crippen LogP) is 6.02. The minimum Gasteiger partial charge on any atom is -0.465 e. The van der Waals surface area contributed by atoms with Crippen LogP contribution in [0.2, 0.25) is 0 Å². The largest absolute Gasteiger partial charge is 0.465 e. The number of nitrogens with one attached hydrogen (secondary N) is 1. The SMILES string of the molecule is C=CCn1c(SCC(=O)Nc2sc(C(=O)OC)c(C)c2C(=O)OC)nnc1-c1cc(-c2ccccc2)nc2ccccc12. The summed E-state index contributed by atoms with van der Waals surface area (Å²) < 4.78 is 11.6. The van der Waals surface area contributed by atoms with Crippen molar-refractivity contribution in [2.24, 2.45) is 0 Å². The van der Waals surface area contributed by atoms with Gasteiger partial charge in [-0.25, -0.2) is 14.6 Å². The van der Waals surface area contributed by atoms with Crippen LogP contribution in [0.3, 0.4) is 0 Å². The Bertz CT molecular complexity index is 1850. The van der Waals surface area contributed by atoms with Crippen LogP contribution >= 0.6 is 23.1 Å². The maximum absolute atomic E-state index is 13.1. The lowest BCUT2D eigenvalue weighted by Gasteiger charge is -2.12. The van der Waals surface area contributed by atoms with Crippen molar-refractivity contribution >= 4 is 56.8 Å². The minimum atomic E-state index is -0.665. The summed E-state index contributed by atoms with van der Waals surface area (Å²) in [5, 5.41) is 13.3. The zero-order valence-corrected chi connectivity index (χ0v) is 25.3. The Morgan fingerprint density at radius 2 is 1.74 bits per heavy atom. The highest BCUT2D eigenvalue weighted by atomic mass is 32.2. The number of para-hydroxylation sites is 1. The number of ether oxygens (including phenoxy) is 2. The molecule has 0 fully saturated rings. The number of thiophene rings is 1. The molecular formula is C31H27N5O5S2. The van der Waals surface area contributed by atoms with Gasteiger partial charge in [-0.2, -0.15) is 0 Å². The lowest BCUT2D eigenvalue weighted by atomic mass is 10.0. The Morgan fingerprint density at radius 3 is 2.47 bits per heavy atom. The van der Waals surface area contributed by atoms with Gasteiger partial charge in [0.2, 0.25) is 5.91 Å². The number of carbonyl (C=O) groups is 3. The zero-order chi connectivity index (χ0) is 30.5. The van der Waals surface area contributed by atoms with E-state index in [-0.39, 0.29) is 21.2 Å². The van der Waals surface area contributed by atoms with E-state index in [0.29, 0.717) is 23.1 Å². The van der Waals surface area contributed by atoms with Gasteiger partial charge >= 0.3 is 11.9 Å². The first-order chi connectivity index (χ1) is 20.9. The molecule has 0 aliphatic rings. The van der Waals surface area contributed by atoms with Crippen molar-refractivity contribution in [2.45, 2.75) is 18.6 Å². The summed E-state index contributed by atoms with van der Waals surface area (Å²) in [4.78, 5) is 42.8. The number of methoxy groups -OCH3 is 2. The molecule has 0 atom stereocenters. The van der Waals surface area contributed by atoms with E-state index in [1.54, 1.807) is 13.0 Å². The van der Waals surface area contributed by atoms with Crippen LogP contribution in [0.15, 0.2) is 78.5 Å². The summed E-state index contributed by atoms with van der Waals surface area (Å²) in [5.41, 5.74) is 3.93. The Hall–Kier alpha value is -4.81. The van der Waals surface area contributed by atoms with Gasteiger partial charge in [-0.05, 0) is 24.6 Å². The maximum Gasteiger partial charge on any atom is 0.348 e. The third kappa shape index (κ3) is 6.06. The average Bonchev–Trinajstić information content (AvgIpc) is 3.58. The summed E-state index contributed by atoms with van der Waals surface area (Å²) in [6.07, 6.45) is 1.74. The van der Waals surface area contributed by atoms with Crippen LogP contribution in [-0.2, 0) is 20.8 Å². The molecule has 0 aliphatic carbocycles. The number of hydrogen-bond acceptors (Lipinski definition) is 10. The van der Waals surface area contributed by atoms with Crippen LogP contribution in [0, 0.1) is 6.92 Å². The fourth-order valence-electron chi connectivity index (χ4n) is 4.54. The standard InChI is InChI=1S/C31H27N5O5S2/c1-5-15-36-27(21-16-23(19-11-7-6-8-12-19)32-22-14-10-9-13-20(21)22)34-35-31(36)42-17-24(37)33-28-25(29(38)40-3)18(2)26(43-28)30(39)41-4/h5-14,16H,1,15,17H2,2-4H3,(H,33,37). The van der Waals surface area contributed by atoms with E-state index in [1.165, 1.54) is 26.0 Å². The van der Waals surface area contributed by atoms with Gasteiger partial charge in [0.1, 0.15) is 9.88 Å². The van der Waals surface area contributed by atoms with Crippen molar-refractivity contribution in [1.82, 2.24) is 19.7 Å². The van der Waals surface area contributed by atoms with Crippen molar-refractivity contribution in [3.8, 4) is 22.6 Å². The summed E-state index contributed by atoms with van der Waals surface area (Å²) >= 11 is 2.15. The molecule has 218 valence electrons. The van der Waals surface area contributed by atoms with Gasteiger partial charge in [-0.1, -0.05) is 66.4 Å². The Balaban J connectivity index is 1.45. The first-order valence-electron chi connectivity index (χ1n) is 13.1. The highest BCUT2D eigenvalue weighted by molar-refractivity contribution is 7.99. The van der Waals surface area contributed by atoms with Crippen molar-refractivity contribution in [3.63, 3.8) is 0 Å². The molecule has 0 spiro atoms. The van der Waals surface area contributed by atoms with Crippen LogP contribution in [0.4, 0.5) is 5.00 Å². The number of hydrogen-bond donors (Lipinski definition) is 1. The van der Waals surface area contributed by atoms with E-state index in [1.807, 2.05) is 65.2 Å². The molecule has 12 heteroatoms. The number of nitrogens with zero attached hydrogens (tertiary/aromatic N) is 4. The number of thioether (sulfide) groups is 1. The number of rotatable bonds is 10. The fraction of sp³-hybridized carbons (Fsp3) is 0.161. The van der Waals surface area contributed by atoms with Crippen LogP contribution in [0.5, 0.6) is 0 Å². The van der Waals surface area contributed by atoms with Gasteiger partial charge in [0, 0.05) is 23.1 Å². The smallest absolute Gasteiger partial charge is 0.348 e.